The van der Waals surface area contributed by atoms with E-state index in [1.165, 1.54) is 0 Å². The molecule has 6 heteroatoms. The van der Waals surface area contributed by atoms with Gasteiger partial charge in [-0.2, -0.15) is 0 Å². The fraction of sp³-hybridized carbons (Fsp3) is 0.118. The van der Waals surface area contributed by atoms with E-state index < -0.39 is 0 Å². The Balaban J connectivity index is 0.00000192. The van der Waals surface area contributed by atoms with Gasteiger partial charge in [0.1, 0.15) is 5.75 Å². The minimum Gasteiger partial charge on any atom is -1.00 e. The van der Waals surface area contributed by atoms with Crippen LogP contribution >= 0.6 is 0 Å². The van der Waals surface area contributed by atoms with Gasteiger partial charge in [0.15, 0.2) is 12.3 Å². The summed E-state index contributed by atoms with van der Waals surface area (Å²) < 4.78 is 12.1. The first-order chi connectivity index (χ1) is 10.8. The Morgan fingerprint density at radius 1 is 1.22 bits per heavy atom. The molecule has 0 saturated heterocycles. The molecule has 0 aliphatic heterocycles. The number of hydrogen-bond acceptors (Lipinski definition) is 4. The number of rotatable bonds is 5. The number of furan rings is 1. The number of carbonyl (C=O) groups is 1. The molecule has 0 amide bonds. The lowest BCUT2D eigenvalue weighted by Gasteiger charge is -2.02. The Hall–Kier alpha value is -2.47. The lowest BCUT2D eigenvalue weighted by atomic mass is 10.1. The van der Waals surface area contributed by atoms with Gasteiger partial charge in [-0.25, -0.2) is 4.57 Å². The van der Waals surface area contributed by atoms with Crippen molar-refractivity contribution in [1.29, 1.82) is 0 Å². The molecule has 0 bridgehead atoms. The zero-order valence-corrected chi connectivity index (χ0v) is 14.1. The third kappa shape index (κ3) is 4.04. The zero-order chi connectivity index (χ0) is 15.4. The largest absolute Gasteiger partial charge is 1.00 e. The van der Waals surface area contributed by atoms with E-state index in [1.54, 1.807) is 48.5 Å². The normalized spacial score (nSPS) is 9.96. The van der Waals surface area contributed by atoms with Crippen LogP contribution in [0.3, 0.4) is 0 Å². The SMILES string of the molecule is COc1ccc(C(=O)C[n+]2ccc(-c3ccco3)nc2)cc1.[Br-]. The highest BCUT2D eigenvalue weighted by molar-refractivity contribution is 5.95. The van der Waals surface area contributed by atoms with E-state index >= 15 is 0 Å². The first-order valence-corrected chi connectivity index (χ1v) is 6.82. The summed E-state index contributed by atoms with van der Waals surface area (Å²) >= 11 is 0. The van der Waals surface area contributed by atoms with Crippen molar-refractivity contribution >= 4 is 5.78 Å². The van der Waals surface area contributed by atoms with Crippen LogP contribution in [0.1, 0.15) is 10.4 Å². The average Bonchev–Trinajstić information content (AvgIpc) is 3.10. The fourth-order valence-electron chi connectivity index (χ4n) is 2.08. The molecular formula is C17H15BrN2O3. The minimum atomic E-state index is 0. The monoisotopic (exact) mass is 374 g/mol. The van der Waals surface area contributed by atoms with Crippen molar-refractivity contribution in [2.24, 2.45) is 0 Å². The van der Waals surface area contributed by atoms with Crippen LogP contribution in [0.25, 0.3) is 11.5 Å². The Kier molecular flexibility index (Phi) is 5.65. The average molecular weight is 375 g/mol. The lowest BCUT2D eigenvalue weighted by Crippen LogP contribution is -3.00. The summed E-state index contributed by atoms with van der Waals surface area (Å²) in [6, 6.07) is 12.5. The van der Waals surface area contributed by atoms with Crippen molar-refractivity contribution in [1.82, 2.24) is 4.98 Å². The second-order valence-electron chi connectivity index (χ2n) is 4.75. The molecule has 23 heavy (non-hydrogen) atoms. The molecule has 118 valence electrons. The smallest absolute Gasteiger partial charge is 0.287 e. The predicted octanol–water partition coefficient (Wildman–Crippen LogP) is -0.475. The highest BCUT2D eigenvalue weighted by atomic mass is 79.9. The molecule has 2 aromatic heterocycles. The molecule has 5 nitrogen and oxygen atoms in total. The number of methoxy groups -OCH3 is 1. The maximum absolute atomic E-state index is 12.2. The van der Waals surface area contributed by atoms with Crippen molar-refractivity contribution in [3.63, 3.8) is 0 Å². The minimum absolute atomic E-state index is 0. The molecule has 0 spiro atoms. The molecule has 0 aliphatic rings. The number of hydrogen-bond donors (Lipinski definition) is 0. The van der Waals surface area contributed by atoms with Crippen molar-refractivity contribution < 1.29 is 35.5 Å². The van der Waals surface area contributed by atoms with E-state index in [2.05, 4.69) is 4.98 Å². The maximum Gasteiger partial charge on any atom is 0.287 e. The van der Waals surface area contributed by atoms with E-state index in [1.807, 2.05) is 24.4 Å². The quantitative estimate of drug-likeness (QED) is 0.447. The highest BCUT2D eigenvalue weighted by Crippen LogP contribution is 2.15. The molecule has 0 atom stereocenters. The molecular weight excluding hydrogens is 360 g/mol. The van der Waals surface area contributed by atoms with Crippen LogP contribution in [-0.4, -0.2) is 17.9 Å². The number of Topliss-reactive ketones (excluding diaryl/α,β-unsaturated/α-hetero) is 1. The van der Waals surface area contributed by atoms with Gasteiger partial charge in [-0.1, -0.05) is 0 Å². The van der Waals surface area contributed by atoms with E-state index in [9.17, 15) is 4.79 Å². The van der Waals surface area contributed by atoms with Crippen molar-refractivity contribution in [3.05, 3.63) is 66.8 Å². The van der Waals surface area contributed by atoms with Crippen LogP contribution in [-0.2, 0) is 6.54 Å². The second-order valence-corrected chi connectivity index (χ2v) is 4.75. The van der Waals surface area contributed by atoms with E-state index in [-0.39, 0.29) is 29.3 Å². The summed E-state index contributed by atoms with van der Waals surface area (Å²) in [7, 11) is 1.60. The van der Waals surface area contributed by atoms with Gasteiger partial charge in [-0.05, 0) is 41.4 Å². The van der Waals surface area contributed by atoms with Gasteiger partial charge in [0.2, 0.25) is 11.5 Å². The number of ketones is 1. The summed E-state index contributed by atoms with van der Waals surface area (Å²) in [6.45, 7) is 0.234. The Bertz CT molecular complexity index is 754. The topological polar surface area (TPSA) is 56.2 Å². The summed E-state index contributed by atoms with van der Waals surface area (Å²) in [5, 5.41) is 0. The van der Waals surface area contributed by atoms with Crippen molar-refractivity contribution in [2.45, 2.75) is 6.54 Å². The third-order valence-electron chi connectivity index (χ3n) is 3.28. The van der Waals surface area contributed by atoms with E-state index in [0.717, 1.165) is 11.4 Å². The third-order valence-corrected chi connectivity index (χ3v) is 3.28. The molecule has 3 aromatic rings. The maximum atomic E-state index is 12.2. The fourth-order valence-corrected chi connectivity index (χ4v) is 2.08. The summed E-state index contributed by atoms with van der Waals surface area (Å²) in [5.41, 5.74) is 1.38. The molecule has 0 saturated carbocycles. The number of benzene rings is 1. The van der Waals surface area contributed by atoms with Crippen LogP contribution in [0.15, 0.2) is 65.7 Å². The summed E-state index contributed by atoms with van der Waals surface area (Å²) in [6.07, 6.45) is 5.04. The van der Waals surface area contributed by atoms with Crippen LogP contribution < -0.4 is 26.3 Å². The first kappa shape index (κ1) is 16.9. The Labute approximate surface area is 144 Å². The molecule has 1 aromatic carbocycles. The zero-order valence-electron chi connectivity index (χ0n) is 12.5. The molecule has 0 unspecified atom stereocenters. The number of ether oxygens (including phenoxy) is 1. The number of nitrogens with zero attached hydrogens (tertiary/aromatic N) is 2. The molecule has 3 rings (SSSR count). The number of halogens is 1. The van der Waals surface area contributed by atoms with Gasteiger partial charge in [0.25, 0.3) is 6.33 Å². The van der Waals surface area contributed by atoms with Gasteiger partial charge < -0.3 is 26.1 Å². The second kappa shape index (κ2) is 7.69. The van der Waals surface area contributed by atoms with Gasteiger partial charge in [-0.3, -0.25) is 4.79 Å². The lowest BCUT2D eigenvalue weighted by molar-refractivity contribution is -0.686. The van der Waals surface area contributed by atoms with Gasteiger partial charge in [-0.15, -0.1) is 0 Å². The molecule has 0 aliphatic carbocycles. The summed E-state index contributed by atoms with van der Waals surface area (Å²) in [4.78, 5) is 16.5. The van der Waals surface area contributed by atoms with Gasteiger partial charge in [0.05, 0.1) is 19.6 Å². The molecule has 0 N–H and O–H groups in total. The van der Waals surface area contributed by atoms with Crippen LogP contribution in [0.2, 0.25) is 0 Å². The number of carbonyl (C=O) groups excluding carboxylic acids is 1. The molecule has 0 fully saturated rings. The first-order valence-electron chi connectivity index (χ1n) is 6.82. The van der Waals surface area contributed by atoms with Gasteiger partial charge in [0, 0.05) is 11.6 Å². The molecule has 0 radical (unpaired) electrons. The van der Waals surface area contributed by atoms with Gasteiger partial charge >= 0.3 is 0 Å². The number of aromatic nitrogens is 2. The van der Waals surface area contributed by atoms with Crippen LogP contribution in [0.5, 0.6) is 5.75 Å². The van der Waals surface area contributed by atoms with Crippen LogP contribution in [0, 0.1) is 0 Å². The predicted molar refractivity (Wildman–Crippen MR) is 79.5 cm³/mol. The van der Waals surface area contributed by atoms with Crippen LogP contribution in [0.4, 0.5) is 0 Å². The summed E-state index contributed by atoms with van der Waals surface area (Å²) in [5.74, 6) is 1.45. The van der Waals surface area contributed by atoms with E-state index in [4.69, 9.17) is 9.15 Å². The Morgan fingerprint density at radius 3 is 2.57 bits per heavy atom. The van der Waals surface area contributed by atoms with Crippen molar-refractivity contribution in [2.75, 3.05) is 7.11 Å². The standard InChI is InChI=1S/C17H15N2O3.BrH/c1-21-14-6-4-13(5-7-14)16(20)11-19-9-8-15(18-12-19)17-3-2-10-22-17;/h2-10,12H,11H2,1H3;1H/q+1;/p-1. The highest BCUT2D eigenvalue weighted by Gasteiger charge is 2.12. The van der Waals surface area contributed by atoms with Crippen molar-refractivity contribution in [3.8, 4) is 17.2 Å². The Morgan fingerprint density at radius 2 is 2.00 bits per heavy atom. The molecule has 2 heterocycles. The van der Waals surface area contributed by atoms with E-state index in [0.29, 0.717) is 11.3 Å².